The summed E-state index contributed by atoms with van der Waals surface area (Å²) in [5.74, 6) is 6.50. The molecule has 0 bridgehead atoms. The predicted octanol–water partition coefficient (Wildman–Crippen LogP) is 1.67. The normalized spacial score (nSPS) is 21.6. The van der Waals surface area contributed by atoms with Gasteiger partial charge in [-0.1, -0.05) is 23.4 Å². The molecule has 1 aliphatic carbocycles. The number of aromatic nitrogens is 3. The van der Waals surface area contributed by atoms with E-state index in [0.29, 0.717) is 24.2 Å². The highest BCUT2D eigenvalue weighted by molar-refractivity contribution is 6.31. The summed E-state index contributed by atoms with van der Waals surface area (Å²) in [5, 5.41) is 22.9. The molecule has 2 aromatic heterocycles. The van der Waals surface area contributed by atoms with E-state index in [9.17, 15) is 10.2 Å². The molecule has 3 rings (SSSR count). The summed E-state index contributed by atoms with van der Waals surface area (Å²) < 4.78 is 0. The number of rotatable bonds is 3. The van der Waals surface area contributed by atoms with Gasteiger partial charge in [0.25, 0.3) is 0 Å². The third-order valence-electron chi connectivity index (χ3n) is 4.64. The molecule has 5 N–H and O–H groups in total. The molecule has 2 heterocycles. The van der Waals surface area contributed by atoms with Crippen molar-refractivity contribution < 1.29 is 10.2 Å². The van der Waals surface area contributed by atoms with E-state index in [1.165, 1.54) is 0 Å². The Morgan fingerprint density at radius 2 is 2.00 bits per heavy atom. The minimum Gasteiger partial charge on any atom is -0.396 e. The lowest BCUT2D eigenvalue weighted by Gasteiger charge is -2.18. The lowest BCUT2D eigenvalue weighted by molar-refractivity contribution is 0.157. The predicted molar refractivity (Wildman–Crippen MR) is 104 cm³/mol. The number of anilines is 2. The summed E-state index contributed by atoms with van der Waals surface area (Å²) in [6.07, 6.45) is 0.548. The molecule has 0 aromatic carbocycles. The van der Waals surface area contributed by atoms with Crippen molar-refractivity contribution >= 4 is 23.4 Å². The van der Waals surface area contributed by atoms with Crippen LogP contribution in [0.2, 0.25) is 5.15 Å². The van der Waals surface area contributed by atoms with E-state index in [4.69, 9.17) is 17.3 Å². The highest BCUT2D eigenvalue weighted by atomic mass is 35.5. The zero-order chi connectivity index (χ0) is 19.6. The molecule has 142 valence electrons. The summed E-state index contributed by atoms with van der Waals surface area (Å²) in [7, 11) is 0. The van der Waals surface area contributed by atoms with Crippen LogP contribution in [0.1, 0.15) is 35.4 Å². The molecule has 27 heavy (non-hydrogen) atoms. The maximum Gasteiger partial charge on any atom is 0.223 e. The molecule has 1 fully saturated rings. The summed E-state index contributed by atoms with van der Waals surface area (Å²) in [4.78, 5) is 12.6. The average molecular weight is 388 g/mol. The first-order chi connectivity index (χ1) is 12.9. The van der Waals surface area contributed by atoms with E-state index in [1.807, 2.05) is 26.0 Å². The number of nitrogens with zero attached hydrogens (tertiary/aromatic N) is 3. The molecule has 1 saturated carbocycles. The van der Waals surface area contributed by atoms with Crippen molar-refractivity contribution in [3.8, 4) is 11.8 Å². The van der Waals surface area contributed by atoms with Gasteiger partial charge in [0.1, 0.15) is 11.4 Å². The second-order valence-corrected chi connectivity index (χ2v) is 7.13. The Hall–Kier alpha value is -2.40. The maximum atomic E-state index is 10.2. The van der Waals surface area contributed by atoms with Crippen LogP contribution in [0.4, 0.5) is 11.8 Å². The van der Waals surface area contributed by atoms with Crippen LogP contribution in [0, 0.1) is 31.6 Å². The van der Waals surface area contributed by atoms with Crippen molar-refractivity contribution in [2.75, 3.05) is 17.7 Å². The van der Waals surface area contributed by atoms with Gasteiger partial charge in [-0.3, -0.25) is 4.98 Å². The Balaban J connectivity index is 1.93. The van der Waals surface area contributed by atoms with Gasteiger partial charge in [-0.2, -0.15) is 9.97 Å². The summed E-state index contributed by atoms with van der Waals surface area (Å²) in [5.41, 5.74) is 8.66. The zero-order valence-corrected chi connectivity index (χ0v) is 16.0. The van der Waals surface area contributed by atoms with Crippen molar-refractivity contribution in [2.24, 2.45) is 5.92 Å². The average Bonchev–Trinajstić information content (AvgIpc) is 2.95. The molecular formula is C19H22ClN5O2. The standard InChI is InChI=1S/C19H22ClN5O2/c1-10-3-4-13(11(2)22-10)5-6-14-17(20)24-19(21)25-18(14)23-15-7-12(9-26)8-16(15)27/h3-4,12,15-16,26-27H,7-9H2,1-2H3,(H3,21,23,24,25)/t12-,15+,16+/m0/s1. The van der Waals surface area contributed by atoms with E-state index in [-0.39, 0.29) is 29.7 Å². The van der Waals surface area contributed by atoms with Crippen molar-refractivity contribution in [1.29, 1.82) is 0 Å². The van der Waals surface area contributed by atoms with Crippen molar-refractivity contribution in [2.45, 2.75) is 38.8 Å². The van der Waals surface area contributed by atoms with Gasteiger partial charge in [0.05, 0.1) is 17.8 Å². The van der Waals surface area contributed by atoms with Crippen molar-refractivity contribution in [3.63, 3.8) is 0 Å². The molecule has 7 nitrogen and oxygen atoms in total. The van der Waals surface area contributed by atoms with Crippen LogP contribution >= 0.6 is 11.6 Å². The summed E-state index contributed by atoms with van der Waals surface area (Å²) >= 11 is 6.25. The second-order valence-electron chi connectivity index (χ2n) is 6.77. The lowest BCUT2D eigenvalue weighted by atomic mass is 10.1. The number of nitrogens with one attached hydrogen (secondary N) is 1. The van der Waals surface area contributed by atoms with Gasteiger partial charge in [-0.25, -0.2) is 0 Å². The maximum absolute atomic E-state index is 10.2. The molecule has 8 heteroatoms. The number of aliphatic hydroxyl groups is 2. The first kappa shape index (κ1) is 19.4. The molecule has 0 unspecified atom stereocenters. The monoisotopic (exact) mass is 387 g/mol. The molecule has 3 atom stereocenters. The van der Waals surface area contributed by atoms with Gasteiger partial charge in [0.2, 0.25) is 5.95 Å². The van der Waals surface area contributed by atoms with Crippen LogP contribution < -0.4 is 11.1 Å². The highest BCUT2D eigenvalue weighted by Gasteiger charge is 2.33. The largest absolute Gasteiger partial charge is 0.396 e. The van der Waals surface area contributed by atoms with E-state index >= 15 is 0 Å². The molecule has 0 saturated heterocycles. The van der Waals surface area contributed by atoms with E-state index < -0.39 is 6.10 Å². The minimum atomic E-state index is -0.596. The summed E-state index contributed by atoms with van der Waals surface area (Å²) in [6, 6.07) is 3.52. The fraction of sp³-hybridized carbons (Fsp3) is 0.421. The quantitative estimate of drug-likeness (QED) is 0.467. The molecule has 2 aromatic rings. The van der Waals surface area contributed by atoms with Gasteiger partial charge in [0.15, 0.2) is 5.15 Å². The van der Waals surface area contributed by atoms with Gasteiger partial charge >= 0.3 is 0 Å². The fourth-order valence-electron chi connectivity index (χ4n) is 3.21. The topological polar surface area (TPSA) is 117 Å². The summed E-state index contributed by atoms with van der Waals surface area (Å²) in [6.45, 7) is 3.85. The van der Waals surface area contributed by atoms with Crippen LogP contribution in [-0.4, -0.2) is 43.9 Å². The number of nitrogen functional groups attached to an aromatic ring is 1. The Labute approximate surface area is 163 Å². The lowest BCUT2D eigenvalue weighted by Crippen LogP contribution is -2.29. The SMILES string of the molecule is Cc1ccc(C#Cc2c(Cl)nc(N)nc2N[C@@H]2C[C@H](CO)C[C@H]2O)c(C)n1. The molecule has 0 amide bonds. The molecule has 0 spiro atoms. The second kappa shape index (κ2) is 8.09. The minimum absolute atomic E-state index is 0.0208. The van der Waals surface area contributed by atoms with Crippen LogP contribution in [0.5, 0.6) is 0 Å². The van der Waals surface area contributed by atoms with Crippen molar-refractivity contribution in [1.82, 2.24) is 15.0 Å². The van der Waals surface area contributed by atoms with Crippen LogP contribution in [0.3, 0.4) is 0 Å². The molecule has 1 aliphatic rings. The third-order valence-corrected chi connectivity index (χ3v) is 4.91. The fourth-order valence-corrected chi connectivity index (χ4v) is 3.43. The molecule has 0 aliphatic heterocycles. The first-order valence-corrected chi connectivity index (χ1v) is 9.10. The van der Waals surface area contributed by atoms with Crippen molar-refractivity contribution in [3.05, 3.63) is 39.8 Å². The number of aliphatic hydroxyl groups excluding tert-OH is 2. The molecule has 0 radical (unpaired) electrons. The Morgan fingerprint density at radius 1 is 1.22 bits per heavy atom. The van der Waals surface area contributed by atoms with Gasteiger partial charge in [0, 0.05) is 17.9 Å². The number of nitrogens with two attached hydrogens (primary N) is 1. The first-order valence-electron chi connectivity index (χ1n) is 8.72. The number of hydrogen-bond donors (Lipinski definition) is 4. The van der Waals surface area contributed by atoms with Crippen LogP contribution in [0.25, 0.3) is 0 Å². The van der Waals surface area contributed by atoms with E-state index in [2.05, 4.69) is 32.1 Å². The Morgan fingerprint density at radius 3 is 2.67 bits per heavy atom. The van der Waals surface area contributed by atoms with Crippen LogP contribution in [0.15, 0.2) is 12.1 Å². The van der Waals surface area contributed by atoms with Crippen LogP contribution in [-0.2, 0) is 0 Å². The number of halogens is 1. The zero-order valence-electron chi connectivity index (χ0n) is 15.2. The smallest absolute Gasteiger partial charge is 0.223 e. The number of hydrogen-bond acceptors (Lipinski definition) is 7. The van der Waals surface area contributed by atoms with Gasteiger partial charge in [-0.15, -0.1) is 0 Å². The highest BCUT2D eigenvalue weighted by Crippen LogP contribution is 2.30. The Kier molecular flexibility index (Phi) is 5.80. The van der Waals surface area contributed by atoms with E-state index in [0.717, 1.165) is 17.0 Å². The molecular weight excluding hydrogens is 366 g/mol. The third kappa shape index (κ3) is 4.48. The van der Waals surface area contributed by atoms with Gasteiger partial charge in [-0.05, 0) is 44.7 Å². The van der Waals surface area contributed by atoms with Gasteiger partial charge < -0.3 is 21.3 Å². The van der Waals surface area contributed by atoms with E-state index in [1.54, 1.807) is 0 Å². The number of aryl methyl sites for hydroxylation is 2. The number of pyridine rings is 1. The Bertz CT molecular complexity index is 909.